The zero-order valence-electron chi connectivity index (χ0n) is 16.0. The third-order valence-corrected chi connectivity index (χ3v) is 25.0. The summed E-state index contributed by atoms with van der Waals surface area (Å²) in [6, 6.07) is 0. The van der Waals surface area contributed by atoms with Gasteiger partial charge in [0.1, 0.15) is 0 Å². The van der Waals surface area contributed by atoms with Gasteiger partial charge in [0, 0.05) is 30.8 Å². The molecule has 0 atom stereocenters. The van der Waals surface area contributed by atoms with Gasteiger partial charge in [0.05, 0.1) is 0 Å². The fourth-order valence-corrected chi connectivity index (χ4v) is 27.1. The molecule has 0 aliphatic carbocycles. The van der Waals surface area contributed by atoms with Crippen LogP contribution in [-0.2, 0) is 20.6 Å². The first-order valence-corrected chi connectivity index (χ1v) is 21.0. The van der Waals surface area contributed by atoms with Crippen LogP contribution in [0.5, 0.6) is 0 Å². The molecule has 10 nitrogen and oxygen atoms in total. The summed E-state index contributed by atoms with van der Waals surface area (Å²) in [5.74, 6) is 0. The fourth-order valence-electron chi connectivity index (χ4n) is 2.80. The lowest BCUT2D eigenvalue weighted by Crippen LogP contribution is -2.73. The van der Waals surface area contributed by atoms with Gasteiger partial charge in [-0.05, 0) is 32.7 Å². The summed E-state index contributed by atoms with van der Waals surface area (Å²) in [5.41, 5.74) is 30.0. The molecule has 1 rings (SSSR count). The van der Waals surface area contributed by atoms with Crippen LogP contribution in [0.2, 0.25) is 32.7 Å². The predicted octanol–water partition coefficient (Wildman–Crippen LogP) is -2.07. The molecule has 1 aliphatic rings. The summed E-state index contributed by atoms with van der Waals surface area (Å²) < 4.78 is 31.8. The Balaban J connectivity index is 3.44. The maximum atomic E-state index is 6.36. The van der Waals surface area contributed by atoms with Crippen molar-refractivity contribution in [2.45, 2.75) is 32.7 Å². The summed E-state index contributed by atoms with van der Waals surface area (Å²) >= 11 is 0. The Labute approximate surface area is 155 Å². The van der Waals surface area contributed by atoms with Crippen molar-refractivity contribution in [3.8, 4) is 0 Å². The third kappa shape index (κ3) is 6.09. The highest BCUT2D eigenvalue weighted by Gasteiger charge is 2.56. The van der Waals surface area contributed by atoms with E-state index in [1.807, 2.05) is 32.7 Å². The quantitative estimate of drug-likeness (QED) is 0.295. The molecule has 0 radical (unpaired) electrons. The highest BCUT2D eigenvalue weighted by Crippen LogP contribution is 2.29. The second-order valence-corrected chi connectivity index (χ2v) is 24.7. The summed E-state index contributed by atoms with van der Waals surface area (Å²) in [6.45, 7) is 9.48. The summed E-state index contributed by atoms with van der Waals surface area (Å²) in [4.78, 5) is 0. The van der Waals surface area contributed by atoms with Gasteiger partial charge in [0.15, 0.2) is 0 Å². The number of hydrogen-bond acceptors (Lipinski definition) is 10. The summed E-state index contributed by atoms with van der Waals surface area (Å²) in [5, 5.41) is 0. The highest BCUT2D eigenvalue weighted by molar-refractivity contribution is 6.94. The predicted molar refractivity (Wildman–Crippen MR) is 109 cm³/mol. The molecule has 0 bridgehead atoms. The van der Waals surface area contributed by atoms with Gasteiger partial charge in [-0.15, -0.1) is 0 Å². The third-order valence-electron chi connectivity index (χ3n) is 4.01. The molecular formula is C10H35N5O5Si5. The van der Waals surface area contributed by atoms with Crippen molar-refractivity contribution >= 4 is 42.8 Å². The second-order valence-electron chi connectivity index (χ2n) is 7.20. The molecule has 0 aromatic rings. The van der Waals surface area contributed by atoms with E-state index in [1.54, 1.807) is 0 Å². The normalized spacial score (nSPS) is 46.8. The van der Waals surface area contributed by atoms with E-state index in [2.05, 4.69) is 0 Å². The number of rotatable bonds is 5. The lowest BCUT2D eigenvalue weighted by atomic mass is 11.5. The summed E-state index contributed by atoms with van der Waals surface area (Å²) in [6.07, 6.45) is 1.22. The smallest absolute Gasteiger partial charge is 0.331 e. The minimum atomic E-state index is -2.81. The van der Waals surface area contributed by atoms with Crippen LogP contribution in [0.1, 0.15) is 0 Å². The van der Waals surface area contributed by atoms with Crippen molar-refractivity contribution < 1.29 is 20.6 Å². The van der Waals surface area contributed by atoms with E-state index in [9.17, 15) is 0 Å². The number of hydrogen-bond donors (Lipinski definition) is 5. The van der Waals surface area contributed by atoms with E-state index in [0.717, 1.165) is 0 Å². The maximum absolute atomic E-state index is 6.36. The Hall–Kier alpha value is 0.684. The average molecular weight is 446 g/mol. The summed E-state index contributed by atoms with van der Waals surface area (Å²) in [7, 11) is -14.1. The van der Waals surface area contributed by atoms with E-state index < -0.39 is 42.8 Å². The van der Waals surface area contributed by atoms with Gasteiger partial charge in [0.2, 0.25) is 0 Å². The molecule has 0 unspecified atom stereocenters. The molecule has 0 amide bonds. The van der Waals surface area contributed by atoms with Gasteiger partial charge in [-0.1, -0.05) is 0 Å². The molecule has 10 N–H and O–H groups in total. The van der Waals surface area contributed by atoms with Crippen LogP contribution in [0.25, 0.3) is 0 Å². The van der Waals surface area contributed by atoms with Crippen molar-refractivity contribution in [2.24, 2.45) is 28.7 Å². The molecular weight excluding hydrogens is 411 g/mol. The van der Waals surface area contributed by atoms with E-state index in [-0.39, 0.29) is 30.8 Å². The Morgan fingerprint density at radius 3 is 0.600 bits per heavy atom. The van der Waals surface area contributed by atoms with Crippen LogP contribution in [-0.4, -0.2) is 73.6 Å². The van der Waals surface area contributed by atoms with Crippen LogP contribution >= 0.6 is 0 Å². The van der Waals surface area contributed by atoms with Crippen LogP contribution in [0.4, 0.5) is 0 Å². The first kappa shape index (κ1) is 23.7. The lowest BCUT2D eigenvalue weighted by molar-refractivity contribution is 0.226. The highest BCUT2D eigenvalue weighted by atomic mass is 28.5. The van der Waals surface area contributed by atoms with Crippen molar-refractivity contribution in [3.63, 3.8) is 0 Å². The van der Waals surface area contributed by atoms with Crippen molar-refractivity contribution in [1.29, 1.82) is 0 Å². The monoisotopic (exact) mass is 445 g/mol. The Bertz CT molecular complexity index is 361. The zero-order valence-corrected chi connectivity index (χ0v) is 21.0. The minimum absolute atomic E-state index is 0.244. The standard InChI is InChI=1S/C10H35N5O5Si5/c1-21(6-11)16-22(2,7-12)18-24(4,9-14)20-25(5,10-15)19-23(3,8-13)17-21/h6-15H2,1-5H3. The van der Waals surface area contributed by atoms with Crippen molar-refractivity contribution in [1.82, 2.24) is 0 Å². The van der Waals surface area contributed by atoms with Gasteiger partial charge < -0.3 is 49.2 Å². The average Bonchev–Trinajstić information content (AvgIpc) is 2.53. The molecule has 0 saturated carbocycles. The first-order chi connectivity index (χ1) is 11.3. The van der Waals surface area contributed by atoms with E-state index >= 15 is 0 Å². The van der Waals surface area contributed by atoms with Gasteiger partial charge in [-0.25, -0.2) is 0 Å². The largest absolute Gasteiger partial charge is 0.414 e. The van der Waals surface area contributed by atoms with E-state index in [1.165, 1.54) is 0 Å². The molecule has 0 spiro atoms. The van der Waals surface area contributed by atoms with Crippen LogP contribution in [0.3, 0.4) is 0 Å². The molecule has 15 heteroatoms. The van der Waals surface area contributed by atoms with Crippen LogP contribution < -0.4 is 28.7 Å². The Kier molecular flexibility index (Phi) is 7.94. The first-order valence-electron chi connectivity index (χ1n) is 8.35. The molecule has 150 valence electrons. The molecule has 1 heterocycles. The molecule has 25 heavy (non-hydrogen) atoms. The van der Waals surface area contributed by atoms with Crippen molar-refractivity contribution in [2.75, 3.05) is 30.8 Å². The molecule has 0 aromatic heterocycles. The minimum Gasteiger partial charge on any atom is -0.414 e. The van der Waals surface area contributed by atoms with Gasteiger partial charge in [-0.2, -0.15) is 0 Å². The van der Waals surface area contributed by atoms with Gasteiger partial charge >= 0.3 is 42.8 Å². The van der Waals surface area contributed by atoms with Crippen LogP contribution in [0.15, 0.2) is 0 Å². The van der Waals surface area contributed by atoms with Crippen LogP contribution in [0, 0.1) is 0 Å². The Morgan fingerprint density at radius 1 is 0.400 bits per heavy atom. The van der Waals surface area contributed by atoms with Crippen molar-refractivity contribution in [3.05, 3.63) is 0 Å². The van der Waals surface area contributed by atoms with Gasteiger partial charge in [-0.3, -0.25) is 0 Å². The van der Waals surface area contributed by atoms with E-state index in [4.69, 9.17) is 49.2 Å². The zero-order chi connectivity index (χ0) is 19.6. The van der Waals surface area contributed by atoms with Gasteiger partial charge in [0.25, 0.3) is 0 Å². The molecule has 1 aliphatic heterocycles. The van der Waals surface area contributed by atoms with E-state index in [0.29, 0.717) is 0 Å². The SMILES string of the molecule is C[Si]1(CN)O[Si](C)(CN)O[Si](C)(CN)O[Si](C)(CN)O[Si](C)(CN)O1. The Morgan fingerprint density at radius 2 is 0.520 bits per heavy atom. The molecule has 0 aromatic carbocycles. The number of nitrogens with two attached hydrogens (primary N) is 5. The topological polar surface area (TPSA) is 176 Å². The molecule has 1 saturated heterocycles. The molecule has 1 fully saturated rings. The maximum Gasteiger partial charge on any atom is 0.331 e. The second kappa shape index (κ2) is 8.37. The lowest BCUT2D eigenvalue weighted by Gasteiger charge is -2.49. The fraction of sp³-hybridized carbons (Fsp3) is 1.00.